The van der Waals surface area contributed by atoms with E-state index in [4.69, 9.17) is 4.42 Å². The van der Waals surface area contributed by atoms with E-state index in [0.717, 1.165) is 41.1 Å². The van der Waals surface area contributed by atoms with Crippen LogP contribution >= 0.6 is 0 Å². The van der Waals surface area contributed by atoms with Gasteiger partial charge in [0, 0.05) is 31.0 Å². The van der Waals surface area contributed by atoms with Crippen LogP contribution in [0.5, 0.6) is 0 Å². The van der Waals surface area contributed by atoms with Gasteiger partial charge in [-0.05, 0) is 74.8 Å². The largest absolute Gasteiger partial charge is 0.466 e. The van der Waals surface area contributed by atoms with E-state index in [0.29, 0.717) is 30.8 Å². The second-order valence-corrected chi connectivity index (χ2v) is 12.2. The summed E-state index contributed by atoms with van der Waals surface area (Å²) in [5.41, 5.74) is 3.18. The first kappa shape index (κ1) is 23.1. The average molecular weight is 459 g/mol. The molecule has 2 aliphatic rings. The Hall–Kier alpha value is -2.12. The number of furan rings is 1. The molecule has 32 heavy (non-hydrogen) atoms. The van der Waals surface area contributed by atoms with Crippen LogP contribution in [0.25, 0.3) is 0 Å². The van der Waals surface area contributed by atoms with Gasteiger partial charge in [0.05, 0.1) is 10.9 Å². The number of hydrogen-bond acceptors (Lipinski definition) is 4. The van der Waals surface area contributed by atoms with Gasteiger partial charge in [-0.1, -0.05) is 19.9 Å². The van der Waals surface area contributed by atoms with Crippen molar-refractivity contribution in [3.63, 3.8) is 0 Å². The van der Waals surface area contributed by atoms with Gasteiger partial charge in [-0.15, -0.1) is 0 Å². The third-order valence-corrected chi connectivity index (χ3v) is 8.89. The van der Waals surface area contributed by atoms with Crippen molar-refractivity contribution < 1.29 is 17.6 Å². The molecule has 1 unspecified atom stereocenters. The van der Waals surface area contributed by atoms with E-state index in [-0.39, 0.29) is 23.3 Å². The molecule has 1 atom stereocenters. The van der Waals surface area contributed by atoms with Gasteiger partial charge in [0.15, 0.2) is 0 Å². The minimum atomic E-state index is -3.54. The number of carbonyl (C=O) groups excluding carboxylic acids is 1. The van der Waals surface area contributed by atoms with E-state index in [1.165, 1.54) is 4.31 Å². The summed E-state index contributed by atoms with van der Waals surface area (Å²) >= 11 is 0. The monoisotopic (exact) mass is 458 g/mol. The number of nitrogens with one attached hydrogen (secondary N) is 1. The molecular formula is C25H34N2O4S. The van der Waals surface area contributed by atoms with Crippen LogP contribution in [0.1, 0.15) is 67.4 Å². The molecule has 1 fully saturated rings. The van der Waals surface area contributed by atoms with Crippen molar-refractivity contribution in [3.05, 3.63) is 52.5 Å². The minimum absolute atomic E-state index is 0.0146. The maximum Gasteiger partial charge on any atom is 0.243 e. The number of benzene rings is 1. The predicted molar refractivity (Wildman–Crippen MR) is 124 cm³/mol. The number of nitrogens with zero attached hydrogens (tertiary/aromatic N) is 1. The Morgan fingerprint density at radius 2 is 1.78 bits per heavy atom. The summed E-state index contributed by atoms with van der Waals surface area (Å²) in [6.07, 6.45) is 2.80. The van der Waals surface area contributed by atoms with Crippen molar-refractivity contribution in [2.75, 3.05) is 13.1 Å². The van der Waals surface area contributed by atoms with E-state index in [1.807, 2.05) is 32.9 Å². The molecule has 4 rings (SSSR count). The SMILES string of the molecule is Cc1cc2c(o1)CC(C)(C)CC2NC(=O)C1CCN(S(=O)(=O)c2ccc(C)c(C)c2)CC1. The van der Waals surface area contributed by atoms with Gasteiger partial charge in [-0.3, -0.25) is 4.79 Å². The number of piperidine rings is 1. The molecule has 0 bridgehead atoms. The molecule has 0 radical (unpaired) electrons. The molecule has 1 aliphatic carbocycles. The molecular weight excluding hydrogens is 424 g/mol. The number of sulfonamides is 1. The molecule has 1 aromatic carbocycles. The predicted octanol–water partition coefficient (Wildman–Crippen LogP) is 4.44. The van der Waals surface area contributed by atoms with E-state index in [2.05, 4.69) is 19.2 Å². The highest BCUT2D eigenvalue weighted by molar-refractivity contribution is 7.89. The van der Waals surface area contributed by atoms with E-state index >= 15 is 0 Å². The number of aryl methyl sites for hydroxylation is 3. The van der Waals surface area contributed by atoms with Crippen molar-refractivity contribution >= 4 is 15.9 Å². The summed E-state index contributed by atoms with van der Waals surface area (Å²) in [6.45, 7) is 10.9. The van der Waals surface area contributed by atoms with Crippen molar-refractivity contribution in [1.82, 2.24) is 9.62 Å². The third-order valence-electron chi connectivity index (χ3n) is 6.99. The van der Waals surface area contributed by atoms with E-state index < -0.39 is 10.0 Å². The lowest BCUT2D eigenvalue weighted by atomic mass is 9.74. The van der Waals surface area contributed by atoms with Crippen molar-refractivity contribution in [3.8, 4) is 0 Å². The van der Waals surface area contributed by atoms with E-state index in [1.54, 1.807) is 12.1 Å². The van der Waals surface area contributed by atoms with Gasteiger partial charge < -0.3 is 9.73 Å². The molecule has 1 N–H and O–H groups in total. The first-order chi connectivity index (χ1) is 15.0. The molecule has 7 heteroatoms. The highest BCUT2D eigenvalue weighted by Crippen LogP contribution is 2.42. The Morgan fingerprint density at radius 3 is 2.44 bits per heavy atom. The van der Waals surface area contributed by atoms with Gasteiger partial charge in [-0.2, -0.15) is 4.31 Å². The first-order valence-electron chi connectivity index (χ1n) is 11.4. The molecule has 0 spiro atoms. The van der Waals surface area contributed by atoms with Gasteiger partial charge >= 0.3 is 0 Å². The Morgan fingerprint density at radius 1 is 1.09 bits per heavy atom. The zero-order chi connectivity index (χ0) is 23.3. The van der Waals surface area contributed by atoms with Crippen molar-refractivity contribution in [2.24, 2.45) is 11.3 Å². The maximum absolute atomic E-state index is 13.1. The Balaban J connectivity index is 1.41. The van der Waals surface area contributed by atoms with Crippen LogP contribution in [-0.2, 0) is 21.2 Å². The Bertz CT molecular complexity index is 1120. The minimum Gasteiger partial charge on any atom is -0.466 e. The van der Waals surface area contributed by atoms with Crippen LogP contribution in [0, 0.1) is 32.1 Å². The fourth-order valence-electron chi connectivity index (χ4n) is 4.98. The zero-order valence-electron chi connectivity index (χ0n) is 19.7. The Kier molecular flexibility index (Phi) is 6.01. The molecule has 6 nitrogen and oxygen atoms in total. The highest BCUT2D eigenvalue weighted by atomic mass is 32.2. The highest BCUT2D eigenvalue weighted by Gasteiger charge is 2.38. The number of amides is 1. The number of fused-ring (bicyclic) bond motifs is 1. The summed E-state index contributed by atoms with van der Waals surface area (Å²) < 4.78 is 33.5. The number of carbonyl (C=O) groups is 1. The fourth-order valence-corrected chi connectivity index (χ4v) is 6.54. The molecule has 1 saturated heterocycles. The molecule has 1 aliphatic heterocycles. The lowest BCUT2D eigenvalue weighted by Crippen LogP contribution is -2.44. The topological polar surface area (TPSA) is 79.6 Å². The van der Waals surface area contributed by atoms with Crippen LogP contribution < -0.4 is 5.32 Å². The maximum atomic E-state index is 13.1. The summed E-state index contributed by atoms with van der Waals surface area (Å²) in [4.78, 5) is 13.4. The fraction of sp³-hybridized carbons (Fsp3) is 0.560. The van der Waals surface area contributed by atoms with E-state index in [9.17, 15) is 13.2 Å². The second kappa shape index (κ2) is 8.34. The standard InChI is InChI=1S/C25H34N2O4S/c1-16-6-7-20(12-17(16)2)32(29,30)27-10-8-19(9-11-27)24(28)26-22-14-25(4,5)15-23-21(22)13-18(3)31-23/h6-7,12-13,19,22H,8-11,14-15H2,1-5H3,(H,26,28). The number of rotatable bonds is 4. The smallest absolute Gasteiger partial charge is 0.243 e. The van der Waals surface area contributed by atoms with Crippen molar-refractivity contribution in [2.45, 2.75) is 71.2 Å². The van der Waals surface area contributed by atoms with Crippen LogP contribution in [-0.4, -0.2) is 31.7 Å². The van der Waals surface area contributed by atoms with Gasteiger partial charge in [0.2, 0.25) is 15.9 Å². The average Bonchev–Trinajstić information content (AvgIpc) is 3.09. The lowest BCUT2D eigenvalue weighted by molar-refractivity contribution is -0.127. The molecule has 174 valence electrons. The van der Waals surface area contributed by atoms with Crippen LogP contribution in [0.15, 0.2) is 33.6 Å². The van der Waals surface area contributed by atoms with Crippen molar-refractivity contribution in [1.29, 1.82) is 0 Å². The van der Waals surface area contributed by atoms with Gasteiger partial charge in [0.1, 0.15) is 11.5 Å². The molecule has 2 heterocycles. The summed E-state index contributed by atoms with van der Waals surface area (Å²) in [5.74, 6) is 1.68. The molecule has 1 amide bonds. The first-order valence-corrected chi connectivity index (χ1v) is 12.9. The molecule has 0 saturated carbocycles. The molecule has 1 aromatic heterocycles. The lowest BCUT2D eigenvalue weighted by Gasteiger charge is -2.36. The zero-order valence-corrected chi connectivity index (χ0v) is 20.5. The Labute approximate surface area is 191 Å². The van der Waals surface area contributed by atoms with Crippen LogP contribution in [0.4, 0.5) is 0 Å². The third kappa shape index (κ3) is 4.50. The summed E-state index contributed by atoms with van der Waals surface area (Å²) in [5, 5.41) is 3.25. The number of hydrogen-bond donors (Lipinski definition) is 1. The summed E-state index contributed by atoms with van der Waals surface area (Å²) in [6, 6.07) is 7.23. The second-order valence-electron chi connectivity index (χ2n) is 10.3. The summed E-state index contributed by atoms with van der Waals surface area (Å²) in [7, 11) is -3.54. The van der Waals surface area contributed by atoms with Gasteiger partial charge in [-0.25, -0.2) is 8.42 Å². The quantitative estimate of drug-likeness (QED) is 0.735. The van der Waals surface area contributed by atoms with Crippen LogP contribution in [0.3, 0.4) is 0 Å². The normalized spacial score (nSPS) is 21.8. The molecule has 2 aromatic rings. The van der Waals surface area contributed by atoms with Crippen LogP contribution in [0.2, 0.25) is 0 Å². The van der Waals surface area contributed by atoms with Gasteiger partial charge in [0.25, 0.3) is 0 Å².